The molecule has 26 heavy (non-hydrogen) atoms. The molecule has 3 aromatic rings. The van der Waals surface area contributed by atoms with Crippen molar-refractivity contribution in [3.63, 3.8) is 0 Å². The van der Waals surface area contributed by atoms with Gasteiger partial charge < -0.3 is 10.6 Å². The van der Waals surface area contributed by atoms with Crippen LogP contribution >= 0.6 is 11.8 Å². The molecule has 0 saturated carbocycles. The van der Waals surface area contributed by atoms with E-state index in [4.69, 9.17) is 0 Å². The van der Waals surface area contributed by atoms with Crippen molar-refractivity contribution in [3.05, 3.63) is 54.9 Å². The summed E-state index contributed by atoms with van der Waals surface area (Å²) in [7, 11) is 0. The first kappa shape index (κ1) is 18.2. The van der Waals surface area contributed by atoms with Crippen molar-refractivity contribution < 1.29 is 0 Å². The Morgan fingerprint density at radius 3 is 2.73 bits per heavy atom. The number of hydrogen-bond donors (Lipinski definition) is 2. The Kier molecular flexibility index (Phi) is 6.07. The zero-order valence-electron chi connectivity index (χ0n) is 15.2. The summed E-state index contributed by atoms with van der Waals surface area (Å²) in [5.74, 6) is 1.37. The number of rotatable bonds is 7. The quantitative estimate of drug-likeness (QED) is 0.560. The summed E-state index contributed by atoms with van der Waals surface area (Å²) in [6, 6.07) is 14.4. The number of nitrogens with one attached hydrogen (secondary N) is 2. The van der Waals surface area contributed by atoms with E-state index in [1.165, 1.54) is 4.90 Å². The normalized spacial score (nSPS) is 11.8. The average molecular weight is 366 g/mol. The maximum Gasteiger partial charge on any atom is 0.225 e. The van der Waals surface area contributed by atoms with E-state index >= 15 is 0 Å². The Hall–Kier alpha value is -2.60. The van der Waals surface area contributed by atoms with E-state index in [1.807, 2.05) is 36.5 Å². The van der Waals surface area contributed by atoms with Gasteiger partial charge in [-0.1, -0.05) is 13.0 Å². The molecule has 134 valence electrons. The van der Waals surface area contributed by atoms with Gasteiger partial charge in [0.15, 0.2) is 0 Å². The molecule has 0 radical (unpaired) electrons. The second-order valence-corrected chi connectivity index (χ2v) is 6.89. The van der Waals surface area contributed by atoms with Gasteiger partial charge in [-0.2, -0.15) is 4.98 Å². The van der Waals surface area contributed by atoms with Crippen molar-refractivity contribution in [1.82, 2.24) is 15.0 Å². The molecule has 0 amide bonds. The highest BCUT2D eigenvalue weighted by Crippen LogP contribution is 2.25. The van der Waals surface area contributed by atoms with Crippen LogP contribution in [-0.2, 0) is 0 Å². The fourth-order valence-electron chi connectivity index (χ4n) is 2.41. The average Bonchev–Trinajstić information content (AvgIpc) is 2.68. The molecule has 2 N–H and O–H groups in total. The maximum atomic E-state index is 4.66. The molecular formula is C20H23N5S. The summed E-state index contributed by atoms with van der Waals surface area (Å²) in [5.41, 5.74) is 2.80. The van der Waals surface area contributed by atoms with Crippen LogP contribution in [0.15, 0.2) is 59.8 Å². The van der Waals surface area contributed by atoms with Crippen LogP contribution in [0.5, 0.6) is 0 Å². The van der Waals surface area contributed by atoms with E-state index in [2.05, 4.69) is 57.8 Å². The lowest BCUT2D eigenvalue weighted by molar-refractivity contribution is 0.753. The molecule has 2 aromatic heterocycles. The second kappa shape index (κ2) is 8.67. The maximum absolute atomic E-state index is 4.66. The summed E-state index contributed by atoms with van der Waals surface area (Å²) in [5, 5.41) is 6.76. The van der Waals surface area contributed by atoms with Crippen LogP contribution in [0.3, 0.4) is 0 Å². The SMILES string of the molecule is CC[C@H](C)Nc1nc(Nc2cccc(SC)c2)cc(-c2cccnc2)n1. The smallest absolute Gasteiger partial charge is 0.225 e. The van der Waals surface area contributed by atoms with E-state index in [0.717, 1.165) is 29.2 Å². The van der Waals surface area contributed by atoms with Crippen LogP contribution in [-0.4, -0.2) is 27.2 Å². The van der Waals surface area contributed by atoms with Crippen molar-refractivity contribution in [2.75, 3.05) is 16.9 Å². The van der Waals surface area contributed by atoms with Crippen molar-refractivity contribution in [2.24, 2.45) is 0 Å². The van der Waals surface area contributed by atoms with Crippen LogP contribution in [0.25, 0.3) is 11.3 Å². The van der Waals surface area contributed by atoms with Gasteiger partial charge >= 0.3 is 0 Å². The number of pyridine rings is 1. The van der Waals surface area contributed by atoms with Crippen molar-refractivity contribution >= 4 is 29.2 Å². The number of thioether (sulfide) groups is 1. The first-order chi connectivity index (χ1) is 12.7. The molecular weight excluding hydrogens is 342 g/mol. The number of anilines is 3. The second-order valence-electron chi connectivity index (χ2n) is 6.01. The molecule has 1 aromatic carbocycles. The summed E-state index contributed by atoms with van der Waals surface area (Å²) in [6.45, 7) is 4.25. The van der Waals surface area contributed by atoms with Crippen LogP contribution in [0, 0.1) is 0 Å². The van der Waals surface area contributed by atoms with Crippen molar-refractivity contribution in [3.8, 4) is 11.3 Å². The van der Waals surface area contributed by atoms with Crippen molar-refractivity contribution in [1.29, 1.82) is 0 Å². The van der Waals surface area contributed by atoms with E-state index in [0.29, 0.717) is 12.0 Å². The third-order valence-electron chi connectivity index (χ3n) is 4.01. The van der Waals surface area contributed by atoms with Gasteiger partial charge in [0.05, 0.1) is 5.69 Å². The van der Waals surface area contributed by atoms with E-state index < -0.39 is 0 Å². The van der Waals surface area contributed by atoms with Crippen LogP contribution < -0.4 is 10.6 Å². The zero-order valence-corrected chi connectivity index (χ0v) is 16.0. The third-order valence-corrected chi connectivity index (χ3v) is 4.74. The topological polar surface area (TPSA) is 62.7 Å². The minimum atomic E-state index is 0.298. The molecule has 6 heteroatoms. The van der Waals surface area contributed by atoms with Crippen LogP contribution in [0.1, 0.15) is 20.3 Å². The number of benzene rings is 1. The Morgan fingerprint density at radius 2 is 2.00 bits per heavy atom. The van der Waals surface area contributed by atoms with Gasteiger partial charge in [0.1, 0.15) is 5.82 Å². The van der Waals surface area contributed by atoms with Gasteiger partial charge in [-0.05, 0) is 49.9 Å². The Bertz CT molecular complexity index is 854. The molecule has 0 aliphatic rings. The molecule has 5 nitrogen and oxygen atoms in total. The third kappa shape index (κ3) is 4.73. The van der Waals surface area contributed by atoms with Gasteiger partial charge in [0.2, 0.25) is 5.95 Å². The molecule has 0 aliphatic heterocycles. The summed E-state index contributed by atoms with van der Waals surface area (Å²) >= 11 is 1.71. The van der Waals surface area contributed by atoms with E-state index in [-0.39, 0.29) is 0 Å². The first-order valence-electron chi connectivity index (χ1n) is 8.65. The minimum Gasteiger partial charge on any atom is -0.352 e. The standard InChI is InChI=1S/C20H23N5S/c1-4-14(2)22-20-24-18(15-7-6-10-21-13-15)12-19(25-20)23-16-8-5-9-17(11-16)26-3/h5-14H,4H2,1-3H3,(H2,22,23,24,25)/t14-/m0/s1. The van der Waals surface area contributed by atoms with Crippen LogP contribution in [0.4, 0.5) is 17.5 Å². The lowest BCUT2D eigenvalue weighted by Crippen LogP contribution is -2.16. The number of hydrogen-bond acceptors (Lipinski definition) is 6. The predicted molar refractivity (Wildman–Crippen MR) is 110 cm³/mol. The first-order valence-corrected chi connectivity index (χ1v) is 9.87. The Balaban J connectivity index is 1.96. The molecule has 1 atom stereocenters. The predicted octanol–water partition coefficient (Wildman–Crippen LogP) is 5.21. The molecule has 0 unspecified atom stereocenters. The molecule has 0 spiro atoms. The molecule has 0 fully saturated rings. The lowest BCUT2D eigenvalue weighted by atomic mass is 10.2. The van der Waals surface area contributed by atoms with Crippen molar-refractivity contribution in [2.45, 2.75) is 31.2 Å². The van der Waals surface area contributed by atoms with Gasteiger partial charge in [0.25, 0.3) is 0 Å². The lowest BCUT2D eigenvalue weighted by Gasteiger charge is -2.15. The monoisotopic (exact) mass is 365 g/mol. The zero-order chi connectivity index (χ0) is 18.4. The Labute approximate surface area is 158 Å². The fraction of sp³-hybridized carbons (Fsp3) is 0.250. The highest BCUT2D eigenvalue weighted by atomic mass is 32.2. The van der Waals surface area contributed by atoms with E-state index in [1.54, 1.807) is 18.0 Å². The fourth-order valence-corrected chi connectivity index (χ4v) is 2.87. The highest BCUT2D eigenvalue weighted by molar-refractivity contribution is 7.98. The van der Waals surface area contributed by atoms with Gasteiger partial charge in [0, 0.05) is 40.6 Å². The Morgan fingerprint density at radius 1 is 1.12 bits per heavy atom. The highest BCUT2D eigenvalue weighted by Gasteiger charge is 2.09. The van der Waals surface area contributed by atoms with Gasteiger partial charge in [-0.3, -0.25) is 4.98 Å². The molecule has 0 saturated heterocycles. The minimum absolute atomic E-state index is 0.298. The van der Waals surface area contributed by atoms with Crippen LogP contribution in [0.2, 0.25) is 0 Å². The molecule has 0 aliphatic carbocycles. The summed E-state index contributed by atoms with van der Waals surface area (Å²) in [4.78, 5) is 14.7. The van der Waals surface area contributed by atoms with Gasteiger partial charge in [-0.25, -0.2) is 4.98 Å². The number of aromatic nitrogens is 3. The summed E-state index contributed by atoms with van der Waals surface area (Å²) in [6.07, 6.45) is 6.64. The summed E-state index contributed by atoms with van der Waals surface area (Å²) < 4.78 is 0. The van der Waals surface area contributed by atoms with E-state index in [9.17, 15) is 0 Å². The van der Waals surface area contributed by atoms with Gasteiger partial charge in [-0.15, -0.1) is 11.8 Å². The molecule has 0 bridgehead atoms. The molecule has 3 rings (SSSR count). The largest absolute Gasteiger partial charge is 0.352 e. The number of nitrogens with zero attached hydrogens (tertiary/aromatic N) is 3. The molecule has 2 heterocycles.